The number of anilines is 1. The molecular weight excluding hydrogens is 206 g/mol. The molecule has 1 aromatic carbocycles. The van der Waals surface area contributed by atoms with Crippen molar-refractivity contribution in [3.05, 3.63) is 29.8 Å². The Hall–Kier alpha value is -0.980. The van der Waals surface area contributed by atoms with Crippen molar-refractivity contribution >= 4 is 5.69 Å². The molecule has 1 fully saturated rings. The van der Waals surface area contributed by atoms with E-state index in [1.807, 2.05) is 0 Å². The maximum atomic E-state index is 3.68. The minimum Gasteiger partial charge on any atom is -0.382 e. The highest BCUT2D eigenvalue weighted by molar-refractivity contribution is 5.47. The van der Waals surface area contributed by atoms with Crippen molar-refractivity contribution in [3.8, 4) is 0 Å². The van der Waals surface area contributed by atoms with Crippen LogP contribution in [0.1, 0.15) is 57.9 Å². The van der Waals surface area contributed by atoms with Crippen LogP contribution in [-0.2, 0) is 0 Å². The van der Waals surface area contributed by atoms with E-state index < -0.39 is 0 Å². The number of hydrogen-bond acceptors (Lipinski definition) is 1. The van der Waals surface area contributed by atoms with Crippen molar-refractivity contribution in [3.63, 3.8) is 0 Å². The molecule has 0 spiro atoms. The summed E-state index contributed by atoms with van der Waals surface area (Å²) < 4.78 is 0. The maximum absolute atomic E-state index is 3.68. The van der Waals surface area contributed by atoms with Gasteiger partial charge in [0.2, 0.25) is 0 Å². The average Bonchev–Trinajstić information content (AvgIpc) is 2.82. The van der Waals surface area contributed by atoms with Gasteiger partial charge in [0.15, 0.2) is 0 Å². The Morgan fingerprint density at radius 2 is 1.82 bits per heavy atom. The minimum absolute atomic E-state index is 0.610. The van der Waals surface area contributed by atoms with E-state index in [0.717, 1.165) is 5.92 Å². The largest absolute Gasteiger partial charge is 0.382 e. The number of benzene rings is 1. The number of hydrogen-bond donors (Lipinski definition) is 1. The molecule has 0 saturated heterocycles. The van der Waals surface area contributed by atoms with E-state index >= 15 is 0 Å². The first kappa shape index (κ1) is 12.5. The molecule has 0 aliphatic heterocycles. The quantitative estimate of drug-likeness (QED) is 0.784. The molecule has 1 N–H and O–H groups in total. The van der Waals surface area contributed by atoms with E-state index in [0.29, 0.717) is 12.0 Å². The fraction of sp³-hybridized carbons (Fsp3) is 0.625. The second kappa shape index (κ2) is 5.57. The van der Waals surface area contributed by atoms with Gasteiger partial charge in [0.25, 0.3) is 0 Å². The molecule has 1 atom stereocenters. The molecule has 2 rings (SSSR count). The Morgan fingerprint density at radius 3 is 2.47 bits per heavy atom. The lowest BCUT2D eigenvalue weighted by Crippen LogP contribution is -2.23. The predicted molar refractivity (Wildman–Crippen MR) is 75.6 cm³/mol. The van der Waals surface area contributed by atoms with Crippen LogP contribution < -0.4 is 5.32 Å². The number of rotatable bonds is 4. The van der Waals surface area contributed by atoms with E-state index in [9.17, 15) is 0 Å². The second-order valence-electron chi connectivity index (χ2n) is 5.76. The highest BCUT2D eigenvalue weighted by Crippen LogP contribution is 2.29. The van der Waals surface area contributed by atoms with Crippen LogP contribution in [0.15, 0.2) is 24.3 Å². The zero-order valence-corrected chi connectivity index (χ0v) is 11.4. The smallest absolute Gasteiger partial charge is 0.0345 e. The van der Waals surface area contributed by atoms with Crippen molar-refractivity contribution < 1.29 is 0 Å². The van der Waals surface area contributed by atoms with Crippen LogP contribution in [0.4, 0.5) is 5.69 Å². The molecular formula is C16H25N. The summed E-state index contributed by atoms with van der Waals surface area (Å²) in [4.78, 5) is 0. The average molecular weight is 231 g/mol. The summed E-state index contributed by atoms with van der Waals surface area (Å²) in [7, 11) is 0. The SMILES string of the molecule is CC(C)c1cccc(NC(C)C2CCCC2)c1. The van der Waals surface area contributed by atoms with Crippen LogP contribution in [0.3, 0.4) is 0 Å². The van der Waals surface area contributed by atoms with Crippen molar-refractivity contribution in [2.45, 2.75) is 58.4 Å². The van der Waals surface area contributed by atoms with E-state index in [1.165, 1.54) is 36.9 Å². The summed E-state index contributed by atoms with van der Waals surface area (Å²) in [5, 5.41) is 3.68. The molecule has 1 aromatic rings. The Bertz CT molecular complexity index is 350. The molecule has 0 heterocycles. The van der Waals surface area contributed by atoms with Crippen LogP contribution in [-0.4, -0.2) is 6.04 Å². The van der Waals surface area contributed by atoms with E-state index in [4.69, 9.17) is 0 Å². The Kier molecular flexibility index (Phi) is 4.09. The van der Waals surface area contributed by atoms with E-state index in [2.05, 4.69) is 50.4 Å². The third kappa shape index (κ3) is 3.24. The summed E-state index contributed by atoms with van der Waals surface area (Å²) in [6.45, 7) is 6.83. The highest BCUT2D eigenvalue weighted by atomic mass is 14.9. The van der Waals surface area contributed by atoms with Crippen LogP contribution in [0.2, 0.25) is 0 Å². The standard InChI is InChI=1S/C16H25N/c1-12(2)15-9-6-10-16(11-15)17-13(3)14-7-4-5-8-14/h6,9-14,17H,4-5,7-8H2,1-3H3. The Labute approximate surface area is 106 Å². The van der Waals surface area contributed by atoms with Crippen molar-refractivity contribution in [2.24, 2.45) is 5.92 Å². The highest BCUT2D eigenvalue weighted by Gasteiger charge is 2.21. The molecule has 1 saturated carbocycles. The monoisotopic (exact) mass is 231 g/mol. The van der Waals surface area contributed by atoms with E-state index in [1.54, 1.807) is 0 Å². The fourth-order valence-electron chi connectivity index (χ4n) is 2.83. The second-order valence-corrected chi connectivity index (χ2v) is 5.76. The molecule has 1 unspecified atom stereocenters. The first-order chi connectivity index (χ1) is 8.16. The Morgan fingerprint density at radius 1 is 1.12 bits per heavy atom. The molecule has 0 aromatic heterocycles. The van der Waals surface area contributed by atoms with Gasteiger partial charge < -0.3 is 5.32 Å². The first-order valence-corrected chi connectivity index (χ1v) is 7.03. The topological polar surface area (TPSA) is 12.0 Å². The van der Waals surface area contributed by atoms with Gasteiger partial charge in [-0.2, -0.15) is 0 Å². The van der Waals surface area contributed by atoms with Gasteiger partial charge in [0, 0.05) is 11.7 Å². The molecule has 1 nitrogen and oxygen atoms in total. The molecule has 1 aliphatic carbocycles. The van der Waals surface area contributed by atoms with Crippen LogP contribution >= 0.6 is 0 Å². The third-order valence-electron chi connectivity index (χ3n) is 4.05. The van der Waals surface area contributed by atoms with Crippen molar-refractivity contribution in [1.29, 1.82) is 0 Å². The van der Waals surface area contributed by atoms with Gasteiger partial charge in [-0.3, -0.25) is 0 Å². The van der Waals surface area contributed by atoms with Gasteiger partial charge >= 0.3 is 0 Å². The molecule has 17 heavy (non-hydrogen) atoms. The lowest BCUT2D eigenvalue weighted by molar-refractivity contribution is 0.482. The van der Waals surface area contributed by atoms with Gasteiger partial charge in [0.1, 0.15) is 0 Å². The van der Waals surface area contributed by atoms with Crippen LogP contribution in [0.25, 0.3) is 0 Å². The first-order valence-electron chi connectivity index (χ1n) is 7.03. The molecule has 94 valence electrons. The fourth-order valence-corrected chi connectivity index (χ4v) is 2.83. The van der Waals surface area contributed by atoms with Gasteiger partial charge in [-0.05, 0) is 49.3 Å². The predicted octanol–water partition coefficient (Wildman–Crippen LogP) is 4.80. The third-order valence-corrected chi connectivity index (χ3v) is 4.05. The van der Waals surface area contributed by atoms with Gasteiger partial charge in [0.05, 0.1) is 0 Å². The lowest BCUT2D eigenvalue weighted by Gasteiger charge is -2.22. The zero-order chi connectivity index (χ0) is 12.3. The van der Waals surface area contributed by atoms with Gasteiger partial charge in [-0.1, -0.05) is 38.8 Å². The molecule has 1 heteroatoms. The summed E-state index contributed by atoms with van der Waals surface area (Å²) in [6, 6.07) is 9.49. The lowest BCUT2D eigenvalue weighted by atomic mass is 9.98. The summed E-state index contributed by atoms with van der Waals surface area (Å²) in [5.41, 5.74) is 2.71. The molecule has 0 radical (unpaired) electrons. The summed E-state index contributed by atoms with van der Waals surface area (Å²) in [6.07, 6.45) is 5.64. The molecule has 0 amide bonds. The summed E-state index contributed by atoms with van der Waals surface area (Å²) >= 11 is 0. The Balaban J connectivity index is 1.99. The number of nitrogens with one attached hydrogen (secondary N) is 1. The van der Waals surface area contributed by atoms with Gasteiger partial charge in [-0.15, -0.1) is 0 Å². The molecule has 1 aliphatic rings. The van der Waals surface area contributed by atoms with Crippen molar-refractivity contribution in [2.75, 3.05) is 5.32 Å². The summed E-state index contributed by atoms with van der Waals surface area (Å²) in [5.74, 6) is 1.48. The minimum atomic E-state index is 0.610. The van der Waals surface area contributed by atoms with Crippen LogP contribution in [0, 0.1) is 5.92 Å². The maximum Gasteiger partial charge on any atom is 0.0345 e. The normalized spacial score (nSPS) is 18.6. The zero-order valence-electron chi connectivity index (χ0n) is 11.4. The van der Waals surface area contributed by atoms with Crippen LogP contribution in [0.5, 0.6) is 0 Å². The molecule has 0 bridgehead atoms. The van der Waals surface area contributed by atoms with Crippen molar-refractivity contribution in [1.82, 2.24) is 0 Å². The van der Waals surface area contributed by atoms with Gasteiger partial charge in [-0.25, -0.2) is 0 Å². The van der Waals surface area contributed by atoms with E-state index in [-0.39, 0.29) is 0 Å².